The molecule has 3 nitrogen and oxygen atoms in total. The van der Waals surface area contributed by atoms with Crippen LogP contribution in [0, 0.1) is 12.8 Å². The molecule has 1 aliphatic carbocycles. The number of unbranched alkanes of at least 4 members (excludes halogenated alkanes) is 1. The molecule has 4 rings (SSSR count). The number of allylic oxidation sites excluding steroid dienone is 1. The fourth-order valence-electron chi connectivity index (χ4n) is 4.68. The predicted molar refractivity (Wildman–Crippen MR) is 118 cm³/mol. The Labute approximate surface area is 174 Å². The van der Waals surface area contributed by atoms with Gasteiger partial charge in [0.1, 0.15) is 0 Å². The van der Waals surface area contributed by atoms with Crippen LogP contribution in [0.1, 0.15) is 72.9 Å². The Bertz CT molecular complexity index is 827. The summed E-state index contributed by atoms with van der Waals surface area (Å²) in [7, 11) is 0. The van der Waals surface area contributed by atoms with Gasteiger partial charge in [0.15, 0.2) is 12.5 Å². The molecule has 2 aliphatic rings. The molecule has 1 unspecified atom stereocenters. The van der Waals surface area contributed by atoms with Gasteiger partial charge in [-0.1, -0.05) is 49.2 Å². The molecule has 1 aromatic heterocycles. The highest BCUT2D eigenvalue weighted by Crippen LogP contribution is 2.44. The third-order valence-electron chi connectivity index (χ3n) is 6.04. The summed E-state index contributed by atoms with van der Waals surface area (Å²) >= 11 is 2.83. The van der Waals surface area contributed by atoms with E-state index in [4.69, 9.17) is 9.19 Å². The number of rotatable bonds is 4. The van der Waals surface area contributed by atoms with E-state index in [0.29, 0.717) is 11.8 Å². The molecule has 1 saturated heterocycles. The van der Waals surface area contributed by atoms with Gasteiger partial charge < -0.3 is 5.32 Å². The lowest BCUT2D eigenvalue weighted by molar-refractivity contribution is 0.339. The highest BCUT2D eigenvalue weighted by molar-refractivity contribution is 7.44. The van der Waals surface area contributed by atoms with Gasteiger partial charge in [-0.2, -0.15) is 4.21 Å². The number of benzene rings is 1. The molecule has 1 aromatic carbocycles. The van der Waals surface area contributed by atoms with Crippen LogP contribution in [0.3, 0.4) is 0 Å². The summed E-state index contributed by atoms with van der Waals surface area (Å²) in [6.07, 6.45) is 10.5. The molecule has 1 N–H and O–H groups in total. The number of nitrogens with one attached hydrogen (secondary N) is 1. The van der Waals surface area contributed by atoms with Crippen molar-refractivity contribution < 1.29 is 4.21 Å². The van der Waals surface area contributed by atoms with Crippen LogP contribution in [0.5, 0.6) is 0 Å². The molecular weight excluding hydrogens is 364 g/mol. The molecule has 148 valence electrons. The molecular formula is C24H30N2OS. The molecule has 0 saturated carbocycles. The first kappa shape index (κ1) is 20.8. The second-order valence-electron chi connectivity index (χ2n) is 7.91. The van der Waals surface area contributed by atoms with Crippen LogP contribution < -0.4 is 5.32 Å². The second kappa shape index (κ2) is 10.0. The topological polar surface area (TPSA) is 42.0 Å². The monoisotopic (exact) mass is 394 g/mol. The van der Waals surface area contributed by atoms with E-state index in [1.54, 1.807) is 0 Å². The van der Waals surface area contributed by atoms with E-state index in [0.717, 1.165) is 19.5 Å². The van der Waals surface area contributed by atoms with Gasteiger partial charge in [0.05, 0.1) is 5.69 Å². The summed E-state index contributed by atoms with van der Waals surface area (Å²) < 4.78 is 7.83. The number of nitrogens with zero attached hydrogens (tertiary/aromatic N) is 1. The standard InChI is InChI=1S/C24H30N2.OS/c1-3-4-6-19-16-20-15-17(2)8-9-21(20)23(18-10-13-25-14-11-18)24-22(19)7-5-12-26-24;1-2/h5,7-9,12,15-16,18,23,25H,3-4,6,10-11,13-14H2,1-2H3;. The molecule has 0 radical (unpaired) electrons. The molecule has 2 aromatic rings. The summed E-state index contributed by atoms with van der Waals surface area (Å²) in [4.78, 5) is 4.95. The zero-order valence-electron chi connectivity index (χ0n) is 16.9. The minimum absolute atomic E-state index is 0.416. The van der Waals surface area contributed by atoms with Crippen LogP contribution in [0.25, 0.3) is 11.6 Å². The quantitative estimate of drug-likeness (QED) is 0.771. The number of piperidine rings is 1. The van der Waals surface area contributed by atoms with Crippen LogP contribution in [-0.2, 0) is 12.5 Å². The first-order valence-corrected chi connectivity index (χ1v) is 10.7. The van der Waals surface area contributed by atoms with Crippen LogP contribution in [0.15, 0.2) is 36.5 Å². The van der Waals surface area contributed by atoms with Gasteiger partial charge in [-0.25, -0.2) is 0 Å². The normalized spacial score (nSPS) is 18.8. The van der Waals surface area contributed by atoms with Gasteiger partial charge in [-0.15, -0.1) is 0 Å². The molecule has 1 aliphatic heterocycles. The summed E-state index contributed by atoms with van der Waals surface area (Å²) in [6, 6.07) is 11.4. The van der Waals surface area contributed by atoms with Crippen LogP contribution in [0.4, 0.5) is 0 Å². The van der Waals surface area contributed by atoms with Crippen molar-refractivity contribution in [1.82, 2.24) is 10.3 Å². The van der Waals surface area contributed by atoms with E-state index in [9.17, 15) is 0 Å². The Morgan fingerprint density at radius 1 is 1.18 bits per heavy atom. The molecule has 1 fully saturated rings. The van der Waals surface area contributed by atoms with Crippen LogP contribution in [-0.4, -0.2) is 22.3 Å². The molecule has 4 heteroatoms. The maximum atomic E-state index is 7.83. The predicted octanol–water partition coefficient (Wildman–Crippen LogP) is 5.23. The Hall–Kier alpha value is -1.91. The lowest BCUT2D eigenvalue weighted by Crippen LogP contribution is -2.32. The lowest BCUT2D eigenvalue weighted by atomic mass is 9.76. The Morgan fingerprint density at radius 3 is 2.71 bits per heavy atom. The average molecular weight is 395 g/mol. The lowest BCUT2D eigenvalue weighted by Gasteiger charge is -2.32. The molecule has 28 heavy (non-hydrogen) atoms. The van der Waals surface area contributed by atoms with Crippen LogP contribution >= 0.6 is 0 Å². The van der Waals surface area contributed by atoms with Gasteiger partial charge in [-0.3, -0.25) is 4.98 Å². The fraction of sp³-hybridized carbons (Fsp3) is 0.458. The third-order valence-corrected chi connectivity index (χ3v) is 6.04. The first-order chi connectivity index (χ1) is 13.8. The second-order valence-corrected chi connectivity index (χ2v) is 7.91. The van der Waals surface area contributed by atoms with Crippen molar-refractivity contribution in [2.75, 3.05) is 13.1 Å². The van der Waals surface area contributed by atoms with Gasteiger partial charge >= 0.3 is 0 Å². The van der Waals surface area contributed by atoms with Gasteiger partial charge in [0, 0.05) is 12.1 Å². The van der Waals surface area contributed by atoms with E-state index in [1.165, 1.54) is 59.2 Å². The highest BCUT2D eigenvalue weighted by Gasteiger charge is 2.32. The molecule has 0 spiro atoms. The summed E-state index contributed by atoms with van der Waals surface area (Å²) in [5, 5.41) is 3.53. The minimum atomic E-state index is 0.416. The SMILES string of the molecule is CCCCC1=Cc2cc(C)ccc2C(C2CCNCC2)c2ncccc21.O=S. The van der Waals surface area contributed by atoms with Crippen molar-refractivity contribution in [3.05, 3.63) is 64.5 Å². The van der Waals surface area contributed by atoms with Crippen molar-refractivity contribution >= 4 is 24.2 Å². The summed E-state index contributed by atoms with van der Waals surface area (Å²) in [6.45, 7) is 6.73. The maximum Gasteiger partial charge on any atom is 0.197 e. The van der Waals surface area contributed by atoms with E-state index in [2.05, 4.69) is 68.1 Å². The number of pyridine rings is 1. The van der Waals surface area contributed by atoms with Gasteiger partial charge in [0.2, 0.25) is 0 Å². The number of aryl methyl sites for hydroxylation is 1. The largest absolute Gasteiger partial charge is 0.317 e. The van der Waals surface area contributed by atoms with Gasteiger partial charge in [0.25, 0.3) is 0 Å². The third kappa shape index (κ3) is 4.39. The van der Waals surface area contributed by atoms with E-state index < -0.39 is 0 Å². The minimum Gasteiger partial charge on any atom is -0.317 e. The van der Waals surface area contributed by atoms with E-state index >= 15 is 0 Å². The molecule has 0 amide bonds. The summed E-state index contributed by atoms with van der Waals surface area (Å²) in [5.41, 5.74) is 8.41. The molecule has 0 bridgehead atoms. The van der Waals surface area contributed by atoms with E-state index in [-0.39, 0.29) is 0 Å². The number of hydrogen-bond donors (Lipinski definition) is 1. The maximum absolute atomic E-state index is 7.83. The number of aromatic nitrogens is 1. The molecule has 2 heterocycles. The summed E-state index contributed by atoms with van der Waals surface area (Å²) in [5.74, 6) is 1.09. The first-order valence-electron chi connectivity index (χ1n) is 10.4. The zero-order valence-corrected chi connectivity index (χ0v) is 17.7. The number of hydrogen-bond acceptors (Lipinski definition) is 4. The smallest absolute Gasteiger partial charge is 0.197 e. The van der Waals surface area contributed by atoms with Crippen LogP contribution in [0.2, 0.25) is 0 Å². The Balaban J connectivity index is 0.00000109. The zero-order chi connectivity index (χ0) is 19.9. The molecule has 1 atom stereocenters. The fourth-order valence-corrected chi connectivity index (χ4v) is 4.68. The van der Waals surface area contributed by atoms with Crippen molar-refractivity contribution in [2.45, 2.75) is 51.9 Å². The van der Waals surface area contributed by atoms with Gasteiger partial charge in [-0.05, 0) is 79.9 Å². The van der Waals surface area contributed by atoms with Crippen molar-refractivity contribution in [2.24, 2.45) is 5.92 Å². The Morgan fingerprint density at radius 2 is 1.96 bits per heavy atom. The average Bonchev–Trinajstić information content (AvgIpc) is 2.88. The highest BCUT2D eigenvalue weighted by atomic mass is 32.1. The number of fused-ring (bicyclic) bond motifs is 2. The van der Waals surface area contributed by atoms with Crippen molar-refractivity contribution in [3.63, 3.8) is 0 Å². The van der Waals surface area contributed by atoms with Crippen molar-refractivity contribution in [1.29, 1.82) is 0 Å². The Kier molecular flexibility index (Phi) is 7.46. The van der Waals surface area contributed by atoms with E-state index in [1.807, 2.05) is 6.20 Å². The van der Waals surface area contributed by atoms with Crippen molar-refractivity contribution in [3.8, 4) is 0 Å².